The molecule has 0 spiro atoms. The number of halogens is 1. The second kappa shape index (κ2) is 5.85. The molecule has 0 amide bonds. The van der Waals surface area contributed by atoms with Gasteiger partial charge in [0.25, 0.3) is 0 Å². The van der Waals surface area contributed by atoms with Crippen LogP contribution in [-0.4, -0.2) is 10.1 Å². The van der Waals surface area contributed by atoms with Crippen LogP contribution in [0.5, 0.6) is 5.75 Å². The van der Waals surface area contributed by atoms with Gasteiger partial charge in [0.05, 0.1) is 16.9 Å². The number of nitrogens with one attached hydrogen (secondary N) is 1. The topological polar surface area (TPSA) is 45.1 Å². The molecule has 1 heterocycles. The minimum Gasteiger partial charge on any atom is -0.506 e. The SMILES string of the molecule is Oc1cc(Nc2cccnc2)cc(-c2ccccc2)c1Cl. The molecule has 0 unspecified atom stereocenters. The van der Waals surface area contributed by atoms with Gasteiger partial charge in [0.1, 0.15) is 5.75 Å². The Hall–Kier alpha value is -2.52. The summed E-state index contributed by atoms with van der Waals surface area (Å²) in [5.41, 5.74) is 3.33. The lowest BCUT2D eigenvalue weighted by molar-refractivity contribution is 0.476. The summed E-state index contributed by atoms with van der Waals surface area (Å²) in [4.78, 5) is 4.05. The van der Waals surface area contributed by atoms with E-state index in [-0.39, 0.29) is 5.75 Å². The molecule has 0 aliphatic rings. The van der Waals surface area contributed by atoms with Crippen molar-refractivity contribution in [2.75, 3.05) is 5.32 Å². The van der Waals surface area contributed by atoms with Gasteiger partial charge in [-0.05, 0) is 23.8 Å². The van der Waals surface area contributed by atoms with Crippen molar-refractivity contribution in [2.45, 2.75) is 0 Å². The number of phenolic OH excluding ortho intramolecular Hbond substituents is 1. The number of anilines is 2. The Morgan fingerprint density at radius 1 is 0.952 bits per heavy atom. The molecule has 0 saturated carbocycles. The van der Waals surface area contributed by atoms with E-state index in [1.807, 2.05) is 48.5 Å². The maximum Gasteiger partial charge on any atom is 0.136 e. The fourth-order valence-corrected chi connectivity index (χ4v) is 2.33. The summed E-state index contributed by atoms with van der Waals surface area (Å²) < 4.78 is 0. The lowest BCUT2D eigenvalue weighted by atomic mass is 10.0. The van der Waals surface area contributed by atoms with E-state index in [9.17, 15) is 5.11 Å². The average Bonchev–Trinajstić information content (AvgIpc) is 2.52. The Balaban J connectivity index is 2.02. The van der Waals surface area contributed by atoms with Crippen molar-refractivity contribution >= 4 is 23.0 Å². The number of nitrogens with zero attached hydrogens (tertiary/aromatic N) is 1. The van der Waals surface area contributed by atoms with Crippen molar-refractivity contribution in [1.29, 1.82) is 0 Å². The molecule has 21 heavy (non-hydrogen) atoms. The number of hydrogen-bond donors (Lipinski definition) is 2. The van der Waals surface area contributed by atoms with Gasteiger partial charge < -0.3 is 10.4 Å². The van der Waals surface area contributed by atoms with Crippen LogP contribution in [0, 0.1) is 0 Å². The van der Waals surface area contributed by atoms with Crippen LogP contribution in [0.15, 0.2) is 67.0 Å². The van der Waals surface area contributed by atoms with Gasteiger partial charge in [-0.25, -0.2) is 0 Å². The highest BCUT2D eigenvalue weighted by atomic mass is 35.5. The molecule has 3 aromatic rings. The maximum atomic E-state index is 10.0. The van der Waals surface area contributed by atoms with Gasteiger partial charge >= 0.3 is 0 Å². The predicted molar refractivity (Wildman–Crippen MR) is 86.1 cm³/mol. The molecule has 3 rings (SSSR count). The van der Waals surface area contributed by atoms with Gasteiger partial charge in [-0.1, -0.05) is 41.9 Å². The maximum absolute atomic E-state index is 10.0. The van der Waals surface area contributed by atoms with Crippen LogP contribution >= 0.6 is 11.6 Å². The first-order valence-corrected chi connectivity index (χ1v) is 6.87. The van der Waals surface area contributed by atoms with Crippen molar-refractivity contribution in [3.8, 4) is 16.9 Å². The van der Waals surface area contributed by atoms with E-state index in [2.05, 4.69) is 10.3 Å². The molecule has 2 aromatic carbocycles. The minimum absolute atomic E-state index is 0.0458. The number of hydrogen-bond acceptors (Lipinski definition) is 3. The lowest BCUT2D eigenvalue weighted by Gasteiger charge is -2.12. The molecule has 0 aliphatic carbocycles. The van der Waals surface area contributed by atoms with E-state index in [1.165, 1.54) is 0 Å². The van der Waals surface area contributed by atoms with Gasteiger partial charge in [-0.2, -0.15) is 0 Å². The number of pyridine rings is 1. The summed E-state index contributed by atoms with van der Waals surface area (Å²) in [6, 6.07) is 17.0. The minimum atomic E-state index is 0.0458. The summed E-state index contributed by atoms with van der Waals surface area (Å²) in [5, 5.41) is 13.6. The first-order valence-electron chi connectivity index (χ1n) is 6.49. The third-order valence-electron chi connectivity index (χ3n) is 3.09. The second-order valence-electron chi connectivity index (χ2n) is 4.59. The zero-order chi connectivity index (χ0) is 14.7. The van der Waals surface area contributed by atoms with E-state index in [0.717, 1.165) is 22.5 Å². The Morgan fingerprint density at radius 2 is 1.76 bits per heavy atom. The smallest absolute Gasteiger partial charge is 0.136 e. The molecule has 0 fully saturated rings. The van der Waals surface area contributed by atoms with Crippen molar-refractivity contribution in [2.24, 2.45) is 0 Å². The number of aromatic nitrogens is 1. The standard InChI is InChI=1S/C17H13ClN2O/c18-17-15(12-5-2-1-3-6-12)9-14(10-16(17)21)20-13-7-4-8-19-11-13/h1-11,20-21H. The van der Waals surface area contributed by atoms with Crippen molar-refractivity contribution < 1.29 is 5.11 Å². The van der Waals surface area contributed by atoms with Gasteiger partial charge in [-0.15, -0.1) is 0 Å². The van der Waals surface area contributed by atoms with Crippen LogP contribution < -0.4 is 5.32 Å². The molecule has 4 heteroatoms. The zero-order valence-corrected chi connectivity index (χ0v) is 11.9. The second-order valence-corrected chi connectivity index (χ2v) is 4.97. The first kappa shape index (κ1) is 13.5. The number of rotatable bonds is 3. The molecular weight excluding hydrogens is 284 g/mol. The normalized spacial score (nSPS) is 10.3. The number of aromatic hydroxyl groups is 1. The van der Waals surface area contributed by atoms with E-state index >= 15 is 0 Å². The van der Waals surface area contributed by atoms with Crippen LogP contribution in [0.3, 0.4) is 0 Å². The fourth-order valence-electron chi connectivity index (χ4n) is 2.11. The third kappa shape index (κ3) is 2.98. The molecule has 0 atom stereocenters. The summed E-state index contributed by atoms with van der Waals surface area (Å²) in [6.45, 7) is 0. The molecule has 2 N–H and O–H groups in total. The first-order chi connectivity index (χ1) is 10.2. The lowest BCUT2D eigenvalue weighted by Crippen LogP contribution is -1.92. The largest absolute Gasteiger partial charge is 0.506 e. The Morgan fingerprint density at radius 3 is 2.48 bits per heavy atom. The summed E-state index contributed by atoms with van der Waals surface area (Å²) in [5.74, 6) is 0.0458. The summed E-state index contributed by atoms with van der Waals surface area (Å²) >= 11 is 6.21. The quantitative estimate of drug-likeness (QED) is 0.726. The van der Waals surface area contributed by atoms with Crippen molar-refractivity contribution in [1.82, 2.24) is 4.98 Å². The monoisotopic (exact) mass is 296 g/mol. The van der Waals surface area contributed by atoms with Gasteiger partial charge in [0.15, 0.2) is 0 Å². The fraction of sp³-hybridized carbons (Fsp3) is 0. The molecule has 0 bridgehead atoms. The van der Waals surface area contributed by atoms with E-state index in [4.69, 9.17) is 11.6 Å². The number of phenols is 1. The van der Waals surface area contributed by atoms with Gasteiger partial charge in [0.2, 0.25) is 0 Å². The highest BCUT2D eigenvalue weighted by molar-refractivity contribution is 6.35. The highest BCUT2D eigenvalue weighted by Gasteiger charge is 2.10. The van der Waals surface area contributed by atoms with Crippen LogP contribution in [-0.2, 0) is 0 Å². The van der Waals surface area contributed by atoms with E-state index in [0.29, 0.717) is 5.02 Å². The van der Waals surface area contributed by atoms with Crippen LogP contribution in [0.1, 0.15) is 0 Å². The molecule has 0 radical (unpaired) electrons. The molecule has 3 nitrogen and oxygen atoms in total. The Bertz CT molecular complexity index is 745. The van der Waals surface area contributed by atoms with Gasteiger partial charge in [-0.3, -0.25) is 4.98 Å². The predicted octanol–water partition coefficient (Wildman–Crippen LogP) is 4.85. The third-order valence-corrected chi connectivity index (χ3v) is 3.49. The van der Waals surface area contributed by atoms with Crippen LogP contribution in [0.2, 0.25) is 5.02 Å². The summed E-state index contributed by atoms with van der Waals surface area (Å²) in [7, 11) is 0. The van der Waals surface area contributed by atoms with Crippen molar-refractivity contribution in [3.05, 3.63) is 72.0 Å². The van der Waals surface area contributed by atoms with Crippen LogP contribution in [0.4, 0.5) is 11.4 Å². The molecular formula is C17H13ClN2O. The highest BCUT2D eigenvalue weighted by Crippen LogP contribution is 2.38. The van der Waals surface area contributed by atoms with E-state index in [1.54, 1.807) is 18.5 Å². The molecule has 0 aliphatic heterocycles. The van der Waals surface area contributed by atoms with Crippen LogP contribution in [0.25, 0.3) is 11.1 Å². The van der Waals surface area contributed by atoms with E-state index < -0.39 is 0 Å². The molecule has 104 valence electrons. The molecule has 0 saturated heterocycles. The number of benzene rings is 2. The summed E-state index contributed by atoms with van der Waals surface area (Å²) in [6.07, 6.45) is 3.42. The molecule has 1 aromatic heterocycles. The Kier molecular flexibility index (Phi) is 3.75. The zero-order valence-electron chi connectivity index (χ0n) is 11.1. The average molecular weight is 297 g/mol. The van der Waals surface area contributed by atoms with Crippen molar-refractivity contribution in [3.63, 3.8) is 0 Å². The van der Waals surface area contributed by atoms with Gasteiger partial charge in [0, 0.05) is 23.5 Å². The Labute approximate surface area is 127 Å².